The van der Waals surface area contributed by atoms with Gasteiger partial charge in [0.2, 0.25) is 11.7 Å². The predicted octanol–water partition coefficient (Wildman–Crippen LogP) is 1.78. The van der Waals surface area contributed by atoms with Gasteiger partial charge in [-0.15, -0.1) is 0 Å². The molecule has 17 heavy (non-hydrogen) atoms. The number of aryl methyl sites for hydroxylation is 1. The quantitative estimate of drug-likeness (QED) is 0.850. The third-order valence-electron chi connectivity index (χ3n) is 3.22. The van der Waals surface area contributed by atoms with Crippen LogP contribution in [0, 0.1) is 6.92 Å². The highest BCUT2D eigenvalue weighted by Crippen LogP contribution is 2.38. The van der Waals surface area contributed by atoms with E-state index in [0.717, 1.165) is 30.7 Å². The summed E-state index contributed by atoms with van der Waals surface area (Å²) in [7, 11) is 0. The predicted molar refractivity (Wildman–Crippen MR) is 62.0 cm³/mol. The standard InChI is InChI=1S/C12H14N4O/c1-8-4-2-5-9(14-8)10-15-11(17-16-10)12(13)6-3-7-12/h2,4-5H,3,6-7,13H2,1H3. The molecule has 0 saturated heterocycles. The van der Waals surface area contributed by atoms with Gasteiger partial charge in [-0.2, -0.15) is 4.98 Å². The van der Waals surface area contributed by atoms with E-state index in [4.69, 9.17) is 10.3 Å². The molecule has 0 aromatic carbocycles. The Balaban J connectivity index is 1.95. The fraction of sp³-hybridized carbons (Fsp3) is 0.417. The number of hydrogen-bond acceptors (Lipinski definition) is 5. The molecule has 0 radical (unpaired) electrons. The molecule has 2 N–H and O–H groups in total. The van der Waals surface area contributed by atoms with Crippen molar-refractivity contribution in [1.29, 1.82) is 0 Å². The van der Waals surface area contributed by atoms with Crippen molar-refractivity contribution < 1.29 is 4.52 Å². The van der Waals surface area contributed by atoms with Gasteiger partial charge >= 0.3 is 0 Å². The fourth-order valence-corrected chi connectivity index (χ4v) is 1.97. The minimum atomic E-state index is -0.408. The highest BCUT2D eigenvalue weighted by molar-refractivity contribution is 5.48. The molecule has 1 saturated carbocycles. The van der Waals surface area contributed by atoms with Crippen LogP contribution in [0.5, 0.6) is 0 Å². The van der Waals surface area contributed by atoms with E-state index in [2.05, 4.69) is 15.1 Å². The zero-order valence-corrected chi connectivity index (χ0v) is 9.68. The van der Waals surface area contributed by atoms with Crippen LogP contribution in [-0.4, -0.2) is 15.1 Å². The van der Waals surface area contributed by atoms with Crippen molar-refractivity contribution in [2.45, 2.75) is 31.7 Å². The number of rotatable bonds is 2. The van der Waals surface area contributed by atoms with Gasteiger partial charge in [-0.05, 0) is 38.3 Å². The summed E-state index contributed by atoms with van der Waals surface area (Å²) >= 11 is 0. The molecule has 3 rings (SSSR count). The van der Waals surface area contributed by atoms with Crippen LogP contribution in [0.25, 0.3) is 11.5 Å². The summed E-state index contributed by atoms with van der Waals surface area (Å²) in [4.78, 5) is 8.71. The van der Waals surface area contributed by atoms with Crippen LogP contribution >= 0.6 is 0 Å². The molecular formula is C12H14N4O. The summed E-state index contributed by atoms with van der Waals surface area (Å²) in [6.45, 7) is 1.93. The average molecular weight is 230 g/mol. The smallest absolute Gasteiger partial charge is 0.247 e. The molecule has 1 aliphatic carbocycles. The van der Waals surface area contributed by atoms with E-state index in [9.17, 15) is 0 Å². The highest BCUT2D eigenvalue weighted by atomic mass is 16.5. The Hall–Kier alpha value is -1.75. The lowest BCUT2D eigenvalue weighted by Crippen LogP contribution is -2.43. The van der Waals surface area contributed by atoms with E-state index < -0.39 is 5.54 Å². The molecular weight excluding hydrogens is 216 g/mol. The second kappa shape index (κ2) is 3.63. The molecule has 0 bridgehead atoms. The number of nitrogens with zero attached hydrogens (tertiary/aromatic N) is 3. The van der Waals surface area contributed by atoms with Crippen molar-refractivity contribution >= 4 is 0 Å². The summed E-state index contributed by atoms with van der Waals surface area (Å²) in [5.41, 5.74) is 7.38. The van der Waals surface area contributed by atoms with E-state index in [1.54, 1.807) is 0 Å². The maximum absolute atomic E-state index is 6.13. The fourth-order valence-electron chi connectivity index (χ4n) is 1.97. The Morgan fingerprint density at radius 2 is 2.12 bits per heavy atom. The lowest BCUT2D eigenvalue weighted by Gasteiger charge is -2.33. The van der Waals surface area contributed by atoms with Crippen molar-refractivity contribution in [3.8, 4) is 11.5 Å². The molecule has 5 nitrogen and oxygen atoms in total. The van der Waals surface area contributed by atoms with Gasteiger partial charge in [0.15, 0.2) is 0 Å². The molecule has 1 fully saturated rings. The van der Waals surface area contributed by atoms with Gasteiger partial charge in [0.1, 0.15) is 5.69 Å². The number of aromatic nitrogens is 3. The summed E-state index contributed by atoms with van der Waals surface area (Å²) in [6.07, 6.45) is 2.95. The molecule has 2 aromatic rings. The number of nitrogens with two attached hydrogens (primary N) is 1. The van der Waals surface area contributed by atoms with E-state index in [-0.39, 0.29) is 0 Å². The number of hydrogen-bond donors (Lipinski definition) is 1. The van der Waals surface area contributed by atoms with Gasteiger partial charge in [0.25, 0.3) is 0 Å². The Labute approximate surface area is 99.1 Å². The highest BCUT2D eigenvalue weighted by Gasteiger charge is 2.40. The summed E-state index contributed by atoms with van der Waals surface area (Å²) < 4.78 is 5.24. The normalized spacial score (nSPS) is 17.8. The third kappa shape index (κ3) is 1.72. The van der Waals surface area contributed by atoms with Crippen LogP contribution in [0.15, 0.2) is 22.7 Å². The molecule has 2 heterocycles. The van der Waals surface area contributed by atoms with Gasteiger partial charge in [-0.1, -0.05) is 11.2 Å². The van der Waals surface area contributed by atoms with Crippen LogP contribution in [-0.2, 0) is 5.54 Å². The minimum Gasteiger partial charge on any atom is -0.337 e. The van der Waals surface area contributed by atoms with Crippen molar-refractivity contribution in [3.05, 3.63) is 29.8 Å². The molecule has 5 heteroatoms. The molecule has 0 spiro atoms. The maximum atomic E-state index is 6.13. The molecule has 0 atom stereocenters. The van der Waals surface area contributed by atoms with Crippen LogP contribution < -0.4 is 5.73 Å². The first kappa shape index (κ1) is 10.4. The SMILES string of the molecule is Cc1cccc(-c2noc(C3(N)CCC3)n2)n1. The van der Waals surface area contributed by atoms with Gasteiger partial charge in [-0.25, -0.2) is 4.98 Å². The monoisotopic (exact) mass is 230 g/mol. The second-order valence-electron chi connectivity index (χ2n) is 4.60. The van der Waals surface area contributed by atoms with E-state index in [1.807, 2.05) is 25.1 Å². The molecule has 0 unspecified atom stereocenters. The molecule has 2 aromatic heterocycles. The van der Waals surface area contributed by atoms with Crippen molar-refractivity contribution in [3.63, 3.8) is 0 Å². The van der Waals surface area contributed by atoms with Crippen LogP contribution in [0.2, 0.25) is 0 Å². The number of pyridine rings is 1. The van der Waals surface area contributed by atoms with E-state index in [1.165, 1.54) is 0 Å². The van der Waals surface area contributed by atoms with Crippen molar-refractivity contribution in [2.24, 2.45) is 5.73 Å². The van der Waals surface area contributed by atoms with Crippen LogP contribution in [0.3, 0.4) is 0 Å². The maximum Gasteiger partial charge on any atom is 0.247 e. The van der Waals surface area contributed by atoms with Gasteiger partial charge < -0.3 is 10.3 Å². The third-order valence-corrected chi connectivity index (χ3v) is 3.22. The lowest BCUT2D eigenvalue weighted by atomic mass is 9.78. The van der Waals surface area contributed by atoms with Crippen LogP contribution in [0.1, 0.15) is 30.8 Å². The zero-order valence-electron chi connectivity index (χ0n) is 9.68. The zero-order chi connectivity index (χ0) is 11.9. The topological polar surface area (TPSA) is 77.8 Å². The van der Waals surface area contributed by atoms with Crippen molar-refractivity contribution in [1.82, 2.24) is 15.1 Å². The molecule has 0 amide bonds. The van der Waals surface area contributed by atoms with E-state index >= 15 is 0 Å². The Morgan fingerprint density at radius 1 is 1.29 bits per heavy atom. The van der Waals surface area contributed by atoms with Gasteiger partial charge in [0, 0.05) is 5.69 Å². The summed E-state index contributed by atoms with van der Waals surface area (Å²) in [6, 6.07) is 5.72. The first-order valence-corrected chi connectivity index (χ1v) is 5.74. The largest absolute Gasteiger partial charge is 0.337 e. The van der Waals surface area contributed by atoms with Crippen LogP contribution in [0.4, 0.5) is 0 Å². The molecule has 1 aliphatic rings. The van der Waals surface area contributed by atoms with E-state index in [0.29, 0.717) is 11.7 Å². The second-order valence-corrected chi connectivity index (χ2v) is 4.60. The van der Waals surface area contributed by atoms with Gasteiger partial charge in [0.05, 0.1) is 5.54 Å². The molecule has 0 aliphatic heterocycles. The molecule has 88 valence electrons. The van der Waals surface area contributed by atoms with Gasteiger partial charge in [-0.3, -0.25) is 0 Å². The lowest BCUT2D eigenvalue weighted by molar-refractivity contribution is 0.181. The Kier molecular flexibility index (Phi) is 2.22. The average Bonchev–Trinajstić information content (AvgIpc) is 2.75. The Morgan fingerprint density at radius 3 is 2.76 bits per heavy atom. The summed E-state index contributed by atoms with van der Waals surface area (Å²) in [5, 5.41) is 3.95. The minimum absolute atomic E-state index is 0.408. The van der Waals surface area contributed by atoms with Crippen molar-refractivity contribution in [2.75, 3.05) is 0 Å². The Bertz CT molecular complexity index is 545. The first-order valence-electron chi connectivity index (χ1n) is 5.74. The first-order chi connectivity index (χ1) is 8.17. The summed E-state index contributed by atoms with van der Waals surface area (Å²) in [5.74, 6) is 1.04.